The van der Waals surface area contributed by atoms with Crippen LogP contribution in [0.5, 0.6) is 5.75 Å². The number of nitrogens with one attached hydrogen (secondary N) is 1. The van der Waals surface area contributed by atoms with Gasteiger partial charge >= 0.3 is 12.1 Å². The molecule has 0 saturated carbocycles. The number of rotatable bonds is 11. The summed E-state index contributed by atoms with van der Waals surface area (Å²) in [5.74, 6) is 1.31. The molecule has 0 bridgehead atoms. The average molecular weight is 461 g/mol. The van der Waals surface area contributed by atoms with Gasteiger partial charge in [-0.3, -0.25) is 24.2 Å². The number of alkyl halides is 3. The fourth-order valence-electron chi connectivity index (χ4n) is 2.40. The quantitative estimate of drug-likeness (QED) is 0.212. The van der Waals surface area contributed by atoms with Crippen molar-refractivity contribution in [3.8, 4) is 5.75 Å². The van der Waals surface area contributed by atoms with E-state index in [-0.39, 0.29) is 12.1 Å². The van der Waals surface area contributed by atoms with Crippen molar-refractivity contribution in [2.45, 2.75) is 19.0 Å². The molecule has 3 N–H and O–H groups in total. The molecule has 0 aromatic heterocycles. The first kappa shape index (κ1) is 26.5. The summed E-state index contributed by atoms with van der Waals surface area (Å²) in [5, 5.41) is 5.03. The number of methoxy groups -OCH3 is 1. The molecule has 14 heteroatoms. The van der Waals surface area contributed by atoms with Crippen LogP contribution in [0, 0.1) is 4.91 Å². The summed E-state index contributed by atoms with van der Waals surface area (Å²) < 4.78 is 43.6. The van der Waals surface area contributed by atoms with Gasteiger partial charge in [0.2, 0.25) is 5.91 Å². The number of nitrogens with two attached hydrogens (primary N) is 1. The highest BCUT2D eigenvalue weighted by Crippen LogP contribution is 2.18. The number of halogens is 3. The van der Waals surface area contributed by atoms with Crippen LogP contribution in [0.3, 0.4) is 0 Å². The predicted octanol–water partition coefficient (Wildman–Crippen LogP) is 0.591. The van der Waals surface area contributed by atoms with Crippen LogP contribution in [-0.2, 0) is 14.4 Å². The van der Waals surface area contributed by atoms with Gasteiger partial charge in [0.25, 0.3) is 11.8 Å². The first-order valence-electron chi connectivity index (χ1n) is 9.19. The molecule has 1 rings (SSSR count). The summed E-state index contributed by atoms with van der Waals surface area (Å²) in [6, 6.07) is 5.96. The van der Waals surface area contributed by atoms with Crippen molar-refractivity contribution in [3.63, 3.8) is 0 Å². The van der Waals surface area contributed by atoms with E-state index in [0.29, 0.717) is 15.7 Å². The number of carbonyl (C=O) groups is 4. The Kier molecular flexibility index (Phi) is 10.2. The topological polar surface area (TPSA) is 151 Å². The Balaban J connectivity index is 2.65. The van der Waals surface area contributed by atoms with Crippen molar-refractivity contribution in [2.24, 2.45) is 11.0 Å². The number of nitroso groups, excluding NO2 is 1. The SMILES string of the molecule is COc1ccc(C(=O)NCCN(CCN(N)C(=O)CCC(=O)N=O)C(=O)C(F)(F)F)cc1. The summed E-state index contributed by atoms with van der Waals surface area (Å²) in [7, 11) is 1.44. The van der Waals surface area contributed by atoms with Crippen LogP contribution in [0.25, 0.3) is 0 Å². The van der Waals surface area contributed by atoms with Gasteiger partial charge in [0, 0.05) is 43.2 Å². The van der Waals surface area contributed by atoms with Gasteiger partial charge in [-0.1, -0.05) is 0 Å². The van der Waals surface area contributed by atoms with E-state index in [0.717, 1.165) is 0 Å². The van der Waals surface area contributed by atoms with E-state index in [1.54, 1.807) is 0 Å². The Morgan fingerprint density at radius 1 is 1.06 bits per heavy atom. The van der Waals surface area contributed by atoms with Crippen LogP contribution in [-0.4, -0.2) is 73.0 Å². The van der Waals surface area contributed by atoms with Crippen molar-refractivity contribution in [3.05, 3.63) is 34.7 Å². The van der Waals surface area contributed by atoms with E-state index < -0.39 is 62.3 Å². The molecule has 1 aromatic carbocycles. The molecule has 176 valence electrons. The summed E-state index contributed by atoms with van der Waals surface area (Å²) in [4.78, 5) is 56.7. The number of amides is 4. The van der Waals surface area contributed by atoms with Gasteiger partial charge in [0.05, 0.1) is 13.7 Å². The largest absolute Gasteiger partial charge is 0.497 e. The zero-order valence-electron chi connectivity index (χ0n) is 17.1. The summed E-state index contributed by atoms with van der Waals surface area (Å²) in [6.07, 6.45) is -6.14. The van der Waals surface area contributed by atoms with Gasteiger partial charge in [0.1, 0.15) is 5.75 Å². The monoisotopic (exact) mass is 461 g/mol. The minimum atomic E-state index is -5.18. The number of benzene rings is 1. The summed E-state index contributed by atoms with van der Waals surface area (Å²) >= 11 is 0. The van der Waals surface area contributed by atoms with Gasteiger partial charge in [-0.25, -0.2) is 5.84 Å². The fraction of sp³-hybridized carbons (Fsp3) is 0.444. The summed E-state index contributed by atoms with van der Waals surface area (Å²) in [6.45, 7) is -1.87. The molecule has 1 aromatic rings. The van der Waals surface area contributed by atoms with Crippen LogP contribution < -0.4 is 15.9 Å². The minimum absolute atomic E-state index is 0.234. The predicted molar refractivity (Wildman–Crippen MR) is 104 cm³/mol. The maximum Gasteiger partial charge on any atom is 0.471 e. The number of hydrogen-bond acceptors (Lipinski definition) is 7. The first-order chi connectivity index (χ1) is 15.0. The highest BCUT2D eigenvalue weighted by Gasteiger charge is 2.42. The Morgan fingerprint density at radius 3 is 2.22 bits per heavy atom. The van der Waals surface area contributed by atoms with Crippen LogP contribution in [0.2, 0.25) is 0 Å². The second-order valence-electron chi connectivity index (χ2n) is 6.35. The molecular formula is C18H22F3N5O6. The Bertz CT molecular complexity index is 831. The molecule has 0 atom stereocenters. The molecule has 32 heavy (non-hydrogen) atoms. The standard InChI is InChI=1S/C18H22F3N5O6/c1-32-13-4-2-12(3-5-13)16(29)23-8-9-25(17(30)18(19,20)21)10-11-26(22)15(28)7-6-14(27)24-31/h2-5H,6-11,22H2,1H3,(H,23,29). The normalized spacial score (nSPS) is 10.8. The third-order valence-electron chi connectivity index (χ3n) is 4.13. The smallest absolute Gasteiger partial charge is 0.471 e. The lowest BCUT2D eigenvalue weighted by Gasteiger charge is -2.26. The van der Waals surface area contributed by atoms with Crippen molar-refractivity contribution < 1.29 is 37.1 Å². The lowest BCUT2D eigenvalue weighted by Crippen LogP contribution is -2.49. The van der Waals surface area contributed by atoms with E-state index in [2.05, 4.69) is 10.5 Å². The lowest BCUT2D eigenvalue weighted by atomic mass is 10.2. The van der Waals surface area contributed by atoms with Gasteiger partial charge in [-0.05, 0) is 24.3 Å². The molecule has 0 unspecified atom stereocenters. The molecule has 11 nitrogen and oxygen atoms in total. The van der Waals surface area contributed by atoms with Gasteiger partial charge < -0.3 is 15.0 Å². The maximum atomic E-state index is 12.9. The summed E-state index contributed by atoms with van der Waals surface area (Å²) in [5.41, 5.74) is 0.234. The third-order valence-corrected chi connectivity index (χ3v) is 4.13. The van der Waals surface area contributed by atoms with Crippen LogP contribution in [0.15, 0.2) is 29.4 Å². The van der Waals surface area contributed by atoms with Gasteiger partial charge in [-0.2, -0.15) is 13.2 Å². The van der Waals surface area contributed by atoms with Crippen molar-refractivity contribution in [1.29, 1.82) is 0 Å². The second kappa shape index (κ2) is 12.3. The van der Waals surface area contributed by atoms with E-state index in [9.17, 15) is 37.3 Å². The first-order valence-corrected chi connectivity index (χ1v) is 9.19. The number of hydrazine groups is 1. The molecule has 0 radical (unpaired) electrons. The van der Waals surface area contributed by atoms with E-state index in [4.69, 9.17) is 10.6 Å². The zero-order chi connectivity index (χ0) is 24.3. The maximum absolute atomic E-state index is 12.9. The molecule has 0 heterocycles. The van der Waals surface area contributed by atoms with Crippen LogP contribution in [0.4, 0.5) is 13.2 Å². The molecule has 0 aliphatic rings. The lowest BCUT2D eigenvalue weighted by molar-refractivity contribution is -0.185. The number of hydrogen-bond donors (Lipinski definition) is 2. The molecule has 0 fully saturated rings. The van der Waals surface area contributed by atoms with Crippen molar-refractivity contribution >= 4 is 23.6 Å². The molecule has 0 aliphatic heterocycles. The highest BCUT2D eigenvalue weighted by molar-refractivity contribution is 5.94. The Hall–Kier alpha value is -3.55. The number of nitrogens with zero attached hydrogens (tertiary/aromatic N) is 3. The van der Waals surface area contributed by atoms with Crippen molar-refractivity contribution in [1.82, 2.24) is 15.2 Å². The number of carbonyl (C=O) groups excluding carboxylic acids is 4. The van der Waals surface area contributed by atoms with Gasteiger partial charge in [0.15, 0.2) is 0 Å². The minimum Gasteiger partial charge on any atom is -0.497 e. The second-order valence-corrected chi connectivity index (χ2v) is 6.35. The third kappa shape index (κ3) is 8.67. The highest BCUT2D eigenvalue weighted by atomic mass is 19.4. The van der Waals surface area contributed by atoms with Crippen molar-refractivity contribution in [2.75, 3.05) is 33.3 Å². The van der Waals surface area contributed by atoms with E-state index in [1.807, 2.05) is 0 Å². The fourth-order valence-corrected chi connectivity index (χ4v) is 2.40. The Labute approximate surface area is 180 Å². The van der Waals surface area contributed by atoms with Crippen LogP contribution >= 0.6 is 0 Å². The number of ether oxygens (including phenoxy) is 1. The Morgan fingerprint density at radius 2 is 1.69 bits per heavy atom. The molecule has 4 amide bonds. The molecule has 0 saturated heterocycles. The van der Waals surface area contributed by atoms with Crippen LogP contribution in [0.1, 0.15) is 23.2 Å². The van der Waals surface area contributed by atoms with E-state index >= 15 is 0 Å². The van der Waals surface area contributed by atoms with Gasteiger partial charge in [-0.15, -0.1) is 4.91 Å². The van der Waals surface area contributed by atoms with E-state index in [1.165, 1.54) is 31.4 Å². The average Bonchev–Trinajstić information content (AvgIpc) is 2.77. The molecule has 0 aliphatic carbocycles. The molecular weight excluding hydrogens is 439 g/mol. The zero-order valence-corrected chi connectivity index (χ0v) is 17.1. The molecule has 0 spiro atoms.